The summed E-state index contributed by atoms with van der Waals surface area (Å²) in [6.45, 7) is 12.9. The van der Waals surface area contributed by atoms with Gasteiger partial charge in [-0.3, -0.25) is 0 Å². The molecule has 6 rings (SSSR count). The van der Waals surface area contributed by atoms with Gasteiger partial charge in [-0.2, -0.15) is 0 Å². The van der Waals surface area contributed by atoms with Crippen molar-refractivity contribution in [3.63, 3.8) is 0 Å². The van der Waals surface area contributed by atoms with E-state index in [1.807, 2.05) is 30.3 Å². The molecule has 1 amide bonds. The van der Waals surface area contributed by atoms with E-state index < -0.39 is 8.32 Å². The number of rotatable bonds is 8. The minimum atomic E-state index is -1.68. The molecule has 37 heavy (non-hydrogen) atoms. The van der Waals surface area contributed by atoms with Gasteiger partial charge in [0.25, 0.3) is 0 Å². The quantitative estimate of drug-likeness (QED) is 0.357. The van der Waals surface area contributed by atoms with Crippen LogP contribution in [0.25, 0.3) is 0 Å². The molecule has 0 aromatic heterocycles. The van der Waals surface area contributed by atoms with Crippen molar-refractivity contribution in [2.45, 2.75) is 121 Å². The molecule has 206 valence electrons. The minimum Gasteiger partial charge on any atom is -0.445 e. The number of hydrogen-bond acceptors (Lipinski definition) is 4. The summed E-state index contributed by atoms with van der Waals surface area (Å²) in [5, 5.41) is 7.61. The predicted molar refractivity (Wildman–Crippen MR) is 152 cm³/mol. The Morgan fingerprint density at radius 2 is 1.65 bits per heavy atom. The fraction of sp³-hybridized carbons (Fsp3) is 0.774. The average molecular weight is 527 g/mol. The molecule has 0 spiro atoms. The van der Waals surface area contributed by atoms with E-state index in [1.54, 1.807) is 0 Å². The van der Waals surface area contributed by atoms with Gasteiger partial charge in [-0.15, -0.1) is 0 Å². The lowest BCUT2D eigenvalue weighted by Crippen LogP contribution is -2.62. The summed E-state index contributed by atoms with van der Waals surface area (Å²) in [4.78, 5) is 12.5. The number of amides is 1. The predicted octanol–water partition coefficient (Wildman–Crippen LogP) is 7.03. The molecule has 2 N–H and O–H groups in total. The van der Waals surface area contributed by atoms with Crippen LogP contribution in [0.2, 0.25) is 18.1 Å². The molecule has 5 aliphatic carbocycles. The van der Waals surface area contributed by atoms with Gasteiger partial charge in [-0.05, 0) is 105 Å². The van der Waals surface area contributed by atoms with Gasteiger partial charge in [0.05, 0.1) is 0 Å². The molecule has 1 aromatic rings. The molecule has 0 aliphatic heterocycles. The number of carbonyl (C=O) groups excluding carboxylic acids is 1. The van der Waals surface area contributed by atoms with Crippen molar-refractivity contribution in [1.82, 2.24) is 10.6 Å². The molecule has 5 saturated carbocycles. The van der Waals surface area contributed by atoms with E-state index in [2.05, 4.69) is 44.5 Å². The van der Waals surface area contributed by atoms with E-state index in [-0.39, 0.29) is 16.5 Å². The minimum absolute atomic E-state index is 0.272. The number of hydrogen-bond donors (Lipinski definition) is 2. The van der Waals surface area contributed by atoms with Gasteiger partial charge < -0.3 is 19.8 Å². The van der Waals surface area contributed by atoms with Crippen LogP contribution < -0.4 is 10.6 Å². The van der Waals surface area contributed by atoms with Gasteiger partial charge in [-0.25, -0.2) is 4.79 Å². The van der Waals surface area contributed by atoms with Crippen LogP contribution in [0.1, 0.15) is 84.1 Å². The van der Waals surface area contributed by atoms with E-state index in [0.29, 0.717) is 24.8 Å². The van der Waals surface area contributed by atoms with Gasteiger partial charge in [0, 0.05) is 24.7 Å². The van der Waals surface area contributed by atoms with Gasteiger partial charge in [0.1, 0.15) is 6.61 Å². The smallest absolute Gasteiger partial charge is 0.407 e. The van der Waals surface area contributed by atoms with E-state index >= 15 is 0 Å². The molecular weight excluding hydrogens is 476 g/mol. The first-order valence-electron chi connectivity index (χ1n) is 14.9. The zero-order chi connectivity index (χ0) is 26.3. The molecule has 5 fully saturated rings. The van der Waals surface area contributed by atoms with Crippen LogP contribution in [0.4, 0.5) is 4.79 Å². The van der Waals surface area contributed by atoms with Crippen molar-refractivity contribution < 1.29 is 14.0 Å². The molecule has 4 bridgehead atoms. The highest BCUT2D eigenvalue weighted by atomic mass is 28.4. The van der Waals surface area contributed by atoms with Crippen LogP contribution in [0.5, 0.6) is 0 Å². The van der Waals surface area contributed by atoms with E-state index in [1.165, 1.54) is 57.8 Å². The Hall–Kier alpha value is -1.37. The molecule has 5 atom stereocenters. The fourth-order valence-electron chi connectivity index (χ4n) is 7.93. The normalized spacial score (nSPS) is 35.4. The zero-order valence-electron chi connectivity index (χ0n) is 23.9. The Morgan fingerprint density at radius 1 is 1.00 bits per heavy atom. The molecule has 6 heteroatoms. The lowest BCUT2D eigenvalue weighted by Gasteiger charge is -2.61. The zero-order valence-corrected chi connectivity index (χ0v) is 24.9. The standard InChI is InChI=1S/C31H50N2O3Si/c1-30(2,3)37(4,5)36-27-13-11-26(12-14-27)33-28-24-15-23-16-25(28)19-31(17-23,18-24)21-32-29(34)35-20-22-9-7-6-8-10-22/h6-10,23-28,33H,11-21H2,1-5H3,(H,32,34)/t23?,24-,25?,26-,27-,28-,31+/m0/s1. The largest absolute Gasteiger partial charge is 0.445 e. The summed E-state index contributed by atoms with van der Waals surface area (Å²) in [5.41, 5.74) is 1.30. The lowest BCUT2D eigenvalue weighted by atomic mass is 9.48. The van der Waals surface area contributed by atoms with Crippen LogP contribution in [0.3, 0.4) is 0 Å². The van der Waals surface area contributed by atoms with Crippen LogP contribution in [-0.2, 0) is 15.8 Å². The topological polar surface area (TPSA) is 59.6 Å². The number of ether oxygens (including phenoxy) is 1. The summed E-state index contributed by atoms with van der Waals surface area (Å²) in [6.07, 6.45) is 11.6. The monoisotopic (exact) mass is 526 g/mol. The highest BCUT2D eigenvalue weighted by Gasteiger charge is 2.55. The van der Waals surface area contributed by atoms with Crippen molar-refractivity contribution in [2.75, 3.05) is 6.54 Å². The number of carbonyl (C=O) groups is 1. The molecule has 5 nitrogen and oxygen atoms in total. The molecule has 0 saturated heterocycles. The van der Waals surface area contributed by atoms with Crippen LogP contribution in [0.15, 0.2) is 30.3 Å². The summed E-state index contributed by atoms with van der Waals surface area (Å²) in [6, 6.07) is 11.2. The molecule has 0 heterocycles. The van der Waals surface area contributed by atoms with Crippen molar-refractivity contribution in [2.24, 2.45) is 23.2 Å². The van der Waals surface area contributed by atoms with Gasteiger partial charge in [0.15, 0.2) is 8.32 Å². The third-order valence-electron chi connectivity index (χ3n) is 10.6. The molecule has 1 aromatic carbocycles. The third kappa shape index (κ3) is 6.28. The molecule has 0 radical (unpaired) electrons. The Bertz CT molecular complexity index is 906. The second-order valence-electron chi connectivity index (χ2n) is 14.4. The van der Waals surface area contributed by atoms with Crippen molar-refractivity contribution in [3.05, 3.63) is 35.9 Å². The number of benzene rings is 1. The van der Waals surface area contributed by atoms with Crippen LogP contribution in [-0.4, -0.2) is 39.1 Å². The fourth-order valence-corrected chi connectivity index (χ4v) is 9.35. The third-order valence-corrected chi connectivity index (χ3v) is 15.1. The van der Waals surface area contributed by atoms with Crippen molar-refractivity contribution in [3.8, 4) is 0 Å². The van der Waals surface area contributed by atoms with E-state index in [4.69, 9.17) is 9.16 Å². The molecular formula is C31H50N2O3Si. The number of alkyl carbamates (subject to hydrolysis) is 1. The lowest BCUT2D eigenvalue weighted by molar-refractivity contribution is -0.0786. The van der Waals surface area contributed by atoms with Gasteiger partial charge >= 0.3 is 6.09 Å². The maximum Gasteiger partial charge on any atom is 0.407 e. The summed E-state index contributed by atoms with van der Waals surface area (Å²) < 4.78 is 12.2. The Labute approximate surface area is 226 Å². The first-order chi connectivity index (χ1) is 17.5. The summed E-state index contributed by atoms with van der Waals surface area (Å²) in [7, 11) is -1.68. The van der Waals surface area contributed by atoms with Gasteiger partial charge in [-0.1, -0.05) is 51.1 Å². The Morgan fingerprint density at radius 3 is 2.27 bits per heavy atom. The highest BCUT2D eigenvalue weighted by Crippen LogP contribution is 2.60. The van der Waals surface area contributed by atoms with Crippen molar-refractivity contribution in [1.29, 1.82) is 0 Å². The SMILES string of the molecule is CC(C)(C)[Si](C)(C)O[C@H]1CC[C@H](N[C@@H]2C3CC4C[C@H]2C[C@](CNC(=O)OCc2ccccc2)(C4)C3)CC1. The first-order valence-corrected chi connectivity index (χ1v) is 17.8. The second kappa shape index (κ2) is 10.7. The van der Waals surface area contributed by atoms with Crippen LogP contribution >= 0.6 is 0 Å². The second-order valence-corrected chi connectivity index (χ2v) is 19.2. The molecule has 5 aliphatic rings. The van der Waals surface area contributed by atoms with Crippen molar-refractivity contribution >= 4 is 14.4 Å². The number of nitrogens with one attached hydrogen (secondary N) is 2. The van der Waals surface area contributed by atoms with Gasteiger partial charge in [0.2, 0.25) is 0 Å². The van der Waals surface area contributed by atoms with E-state index in [9.17, 15) is 4.79 Å². The first kappa shape index (κ1) is 27.2. The Balaban J connectivity index is 1.09. The van der Waals surface area contributed by atoms with Crippen LogP contribution in [0, 0.1) is 23.2 Å². The van der Waals surface area contributed by atoms with E-state index in [0.717, 1.165) is 29.9 Å². The molecule has 2 unspecified atom stereocenters. The maximum absolute atomic E-state index is 12.5. The average Bonchev–Trinajstić information content (AvgIpc) is 2.84. The summed E-state index contributed by atoms with van der Waals surface area (Å²) >= 11 is 0. The highest BCUT2D eigenvalue weighted by molar-refractivity contribution is 6.74. The maximum atomic E-state index is 12.5. The Kier molecular flexibility index (Phi) is 7.83. The summed E-state index contributed by atoms with van der Waals surface area (Å²) in [5.74, 6) is 2.36.